The molecule has 2 atom stereocenters. The van der Waals surface area contributed by atoms with E-state index in [1.165, 1.54) is 5.56 Å². The lowest BCUT2D eigenvalue weighted by Gasteiger charge is -2.25. The lowest BCUT2D eigenvalue weighted by Crippen LogP contribution is -2.51. The number of Topliss-reactive ketones (excluding diaryl/α,β-unsaturated/α-hetero) is 1. The minimum absolute atomic E-state index is 0.185. The fourth-order valence-electron chi connectivity index (χ4n) is 2.88. The number of fused-ring (bicyclic) bond motifs is 1. The van der Waals surface area contributed by atoms with Crippen molar-refractivity contribution in [1.29, 1.82) is 0 Å². The van der Waals surface area contributed by atoms with E-state index >= 15 is 0 Å². The van der Waals surface area contributed by atoms with Crippen LogP contribution in [-0.4, -0.2) is 29.5 Å². The Bertz CT molecular complexity index is 672. The summed E-state index contributed by atoms with van der Waals surface area (Å²) in [6.45, 7) is 0. The van der Waals surface area contributed by atoms with Gasteiger partial charge in [-0.05, 0) is 30.4 Å². The standard InChI is InChI=1S/C17H21N3O4/c18-14(22)8-7-13(21)15(16(19)23)20-17(24)12-6-5-10-3-1-2-4-11(10)9-12/h1-4,12,15H,5-9H2,(H2,18,22)(H2,19,23)(H,20,24). The van der Waals surface area contributed by atoms with Crippen molar-refractivity contribution < 1.29 is 19.2 Å². The highest BCUT2D eigenvalue weighted by Gasteiger charge is 2.31. The molecule has 0 saturated carbocycles. The molecular formula is C17H21N3O4. The van der Waals surface area contributed by atoms with Crippen LogP contribution in [0.1, 0.15) is 30.4 Å². The summed E-state index contributed by atoms with van der Waals surface area (Å²) in [4.78, 5) is 46.6. The van der Waals surface area contributed by atoms with Crippen LogP contribution in [-0.2, 0) is 32.0 Å². The molecule has 2 rings (SSSR count). The van der Waals surface area contributed by atoms with Gasteiger partial charge in [0.25, 0.3) is 0 Å². The molecule has 7 heteroatoms. The zero-order valence-electron chi connectivity index (χ0n) is 13.3. The lowest BCUT2D eigenvalue weighted by molar-refractivity contribution is -0.136. The Hall–Kier alpha value is -2.70. The van der Waals surface area contributed by atoms with Gasteiger partial charge < -0.3 is 16.8 Å². The third kappa shape index (κ3) is 4.41. The minimum Gasteiger partial charge on any atom is -0.370 e. The maximum absolute atomic E-state index is 12.4. The Labute approximate surface area is 139 Å². The summed E-state index contributed by atoms with van der Waals surface area (Å²) in [5, 5.41) is 2.43. The molecule has 1 aromatic carbocycles. The highest BCUT2D eigenvalue weighted by molar-refractivity contribution is 6.08. The number of hydrogen-bond acceptors (Lipinski definition) is 4. The van der Waals surface area contributed by atoms with Crippen LogP contribution in [0.25, 0.3) is 0 Å². The topological polar surface area (TPSA) is 132 Å². The summed E-state index contributed by atoms with van der Waals surface area (Å²) < 4.78 is 0. The van der Waals surface area contributed by atoms with E-state index in [9.17, 15) is 19.2 Å². The van der Waals surface area contributed by atoms with E-state index in [-0.39, 0.29) is 24.7 Å². The van der Waals surface area contributed by atoms with Gasteiger partial charge in [0.2, 0.25) is 17.7 Å². The Morgan fingerprint density at radius 2 is 1.75 bits per heavy atom. The second-order valence-electron chi connectivity index (χ2n) is 5.99. The molecule has 0 fully saturated rings. The van der Waals surface area contributed by atoms with Gasteiger partial charge in [-0.2, -0.15) is 0 Å². The van der Waals surface area contributed by atoms with Gasteiger partial charge in [0.15, 0.2) is 11.8 Å². The molecular weight excluding hydrogens is 310 g/mol. The molecule has 1 aliphatic rings. The summed E-state index contributed by atoms with van der Waals surface area (Å²) in [5.74, 6) is -2.88. The normalized spacial score (nSPS) is 17.4. The molecule has 0 radical (unpaired) electrons. The molecule has 5 N–H and O–H groups in total. The Balaban J connectivity index is 2.00. The molecule has 0 spiro atoms. The van der Waals surface area contributed by atoms with Crippen molar-refractivity contribution >= 4 is 23.5 Å². The van der Waals surface area contributed by atoms with E-state index in [0.717, 1.165) is 12.0 Å². The molecule has 2 unspecified atom stereocenters. The van der Waals surface area contributed by atoms with Crippen molar-refractivity contribution in [1.82, 2.24) is 5.32 Å². The van der Waals surface area contributed by atoms with Gasteiger partial charge in [0, 0.05) is 18.8 Å². The molecule has 0 bridgehead atoms. The average molecular weight is 331 g/mol. The zero-order valence-corrected chi connectivity index (χ0v) is 13.3. The van der Waals surface area contributed by atoms with Crippen LogP contribution in [0.15, 0.2) is 24.3 Å². The van der Waals surface area contributed by atoms with E-state index in [0.29, 0.717) is 12.8 Å². The fraction of sp³-hybridized carbons (Fsp3) is 0.412. The number of primary amides is 2. The van der Waals surface area contributed by atoms with Crippen molar-refractivity contribution in [3.63, 3.8) is 0 Å². The predicted octanol–water partition coefficient (Wildman–Crippen LogP) is -0.404. The van der Waals surface area contributed by atoms with Gasteiger partial charge in [-0.25, -0.2) is 0 Å². The summed E-state index contributed by atoms with van der Waals surface area (Å²) in [5.41, 5.74) is 12.5. The highest BCUT2D eigenvalue weighted by Crippen LogP contribution is 2.25. The number of hydrogen-bond donors (Lipinski definition) is 3. The number of nitrogens with one attached hydrogen (secondary N) is 1. The smallest absolute Gasteiger partial charge is 0.247 e. The van der Waals surface area contributed by atoms with Crippen molar-refractivity contribution in [3.05, 3.63) is 35.4 Å². The third-order valence-electron chi connectivity index (χ3n) is 4.23. The van der Waals surface area contributed by atoms with Crippen molar-refractivity contribution in [2.75, 3.05) is 0 Å². The van der Waals surface area contributed by atoms with Crippen LogP contribution in [0, 0.1) is 5.92 Å². The zero-order chi connectivity index (χ0) is 17.7. The first-order chi connectivity index (χ1) is 11.4. The molecule has 24 heavy (non-hydrogen) atoms. The molecule has 0 aliphatic heterocycles. The van der Waals surface area contributed by atoms with E-state index < -0.39 is 23.6 Å². The number of carbonyl (C=O) groups excluding carboxylic acids is 4. The molecule has 0 heterocycles. The van der Waals surface area contributed by atoms with Gasteiger partial charge in [-0.15, -0.1) is 0 Å². The molecule has 1 aromatic rings. The highest BCUT2D eigenvalue weighted by atomic mass is 16.2. The van der Waals surface area contributed by atoms with E-state index in [1.807, 2.05) is 24.3 Å². The first-order valence-electron chi connectivity index (χ1n) is 7.86. The van der Waals surface area contributed by atoms with Crippen LogP contribution in [0.2, 0.25) is 0 Å². The number of benzene rings is 1. The maximum Gasteiger partial charge on any atom is 0.247 e. The summed E-state index contributed by atoms with van der Waals surface area (Å²) >= 11 is 0. The van der Waals surface area contributed by atoms with Crippen molar-refractivity contribution in [3.8, 4) is 0 Å². The number of ketones is 1. The monoisotopic (exact) mass is 331 g/mol. The number of amides is 3. The number of nitrogens with two attached hydrogens (primary N) is 2. The fourth-order valence-corrected chi connectivity index (χ4v) is 2.88. The summed E-state index contributed by atoms with van der Waals surface area (Å²) in [7, 11) is 0. The van der Waals surface area contributed by atoms with E-state index in [1.54, 1.807) is 0 Å². The Kier molecular flexibility index (Phi) is 5.68. The van der Waals surface area contributed by atoms with Crippen LogP contribution in [0.5, 0.6) is 0 Å². The molecule has 0 saturated heterocycles. The second-order valence-corrected chi connectivity index (χ2v) is 5.99. The SMILES string of the molecule is NC(=O)CCC(=O)C(NC(=O)C1CCc2ccccc2C1)C(N)=O. The van der Waals surface area contributed by atoms with Gasteiger partial charge in [-0.1, -0.05) is 24.3 Å². The average Bonchev–Trinajstić information content (AvgIpc) is 2.56. The Morgan fingerprint density at radius 1 is 1.08 bits per heavy atom. The molecule has 128 valence electrons. The van der Waals surface area contributed by atoms with Gasteiger partial charge in [-0.3, -0.25) is 19.2 Å². The first kappa shape index (κ1) is 17.7. The van der Waals surface area contributed by atoms with Crippen LogP contribution in [0.3, 0.4) is 0 Å². The summed E-state index contributed by atoms with van der Waals surface area (Å²) in [6, 6.07) is 6.45. The third-order valence-corrected chi connectivity index (χ3v) is 4.23. The quantitative estimate of drug-likeness (QED) is 0.586. The minimum atomic E-state index is -1.42. The van der Waals surface area contributed by atoms with E-state index in [4.69, 9.17) is 11.5 Å². The lowest BCUT2D eigenvalue weighted by atomic mass is 9.83. The van der Waals surface area contributed by atoms with Gasteiger partial charge in [0.1, 0.15) is 0 Å². The first-order valence-corrected chi connectivity index (χ1v) is 7.86. The molecule has 3 amide bonds. The van der Waals surface area contributed by atoms with Crippen LogP contribution in [0.4, 0.5) is 0 Å². The molecule has 0 aromatic heterocycles. The van der Waals surface area contributed by atoms with Crippen molar-refractivity contribution in [2.24, 2.45) is 17.4 Å². The number of rotatable bonds is 7. The van der Waals surface area contributed by atoms with E-state index in [2.05, 4.69) is 5.32 Å². The number of carbonyl (C=O) groups is 4. The Morgan fingerprint density at radius 3 is 2.38 bits per heavy atom. The van der Waals surface area contributed by atoms with Gasteiger partial charge in [0.05, 0.1) is 0 Å². The second kappa shape index (κ2) is 7.72. The number of aryl methyl sites for hydroxylation is 1. The van der Waals surface area contributed by atoms with Crippen LogP contribution < -0.4 is 16.8 Å². The maximum atomic E-state index is 12.4. The summed E-state index contributed by atoms with van der Waals surface area (Å²) in [6.07, 6.45) is 1.56. The molecule has 1 aliphatic carbocycles. The largest absolute Gasteiger partial charge is 0.370 e. The van der Waals surface area contributed by atoms with Crippen molar-refractivity contribution in [2.45, 2.75) is 38.1 Å². The molecule has 7 nitrogen and oxygen atoms in total. The van der Waals surface area contributed by atoms with Crippen LogP contribution >= 0.6 is 0 Å². The van der Waals surface area contributed by atoms with Gasteiger partial charge >= 0.3 is 0 Å². The predicted molar refractivity (Wildman–Crippen MR) is 86.5 cm³/mol.